The zero-order valence-electron chi connectivity index (χ0n) is 7.46. The van der Waals surface area contributed by atoms with Crippen molar-refractivity contribution in [2.45, 2.75) is 19.3 Å². The van der Waals surface area contributed by atoms with Gasteiger partial charge in [0.2, 0.25) is 0 Å². The lowest BCUT2D eigenvalue weighted by Crippen LogP contribution is -2.29. The van der Waals surface area contributed by atoms with Crippen LogP contribution in [0.15, 0.2) is 16.8 Å². The summed E-state index contributed by atoms with van der Waals surface area (Å²) in [5, 5.41) is 3.93. The Morgan fingerprint density at radius 3 is 2.67 bits per heavy atom. The fourth-order valence-electron chi connectivity index (χ4n) is 0.993. The SMILES string of the molecule is COC(=O)C(C)(C)c1ccsc1. The smallest absolute Gasteiger partial charge is 0.315 e. The summed E-state index contributed by atoms with van der Waals surface area (Å²) in [6, 6.07) is 1.95. The Kier molecular flexibility index (Phi) is 2.52. The third-order valence-electron chi connectivity index (χ3n) is 1.94. The summed E-state index contributed by atoms with van der Waals surface area (Å²) in [4.78, 5) is 11.3. The molecule has 0 spiro atoms. The number of esters is 1. The second-order valence-corrected chi connectivity index (χ2v) is 3.91. The second-order valence-electron chi connectivity index (χ2n) is 3.13. The molecule has 1 rings (SSSR count). The van der Waals surface area contributed by atoms with Gasteiger partial charge >= 0.3 is 5.97 Å². The summed E-state index contributed by atoms with van der Waals surface area (Å²) >= 11 is 1.59. The van der Waals surface area contributed by atoms with Crippen molar-refractivity contribution in [2.24, 2.45) is 0 Å². The molecular weight excluding hydrogens is 172 g/mol. The summed E-state index contributed by atoms with van der Waals surface area (Å²) in [6.45, 7) is 3.72. The average molecular weight is 184 g/mol. The third kappa shape index (κ3) is 1.50. The molecule has 0 atom stereocenters. The van der Waals surface area contributed by atoms with Crippen molar-refractivity contribution in [1.29, 1.82) is 0 Å². The molecule has 0 aromatic carbocycles. The van der Waals surface area contributed by atoms with Crippen molar-refractivity contribution in [2.75, 3.05) is 7.11 Å². The highest BCUT2D eigenvalue weighted by Crippen LogP contribution is 2.26. The molecular formula is C9H12O2S. The van der Waals surface area contributed by atoms with E-state index in [1.165, 1.54) is 7.11 Å². The molecule has 0 saturated heterocycles. The zero-order chi connectivity index (χ0) is 9.19. The van der Waals surface area contributed by atoms with Crippen molar-refractivity contribution < 1.29 is 9.53 Å². The van der Waals surface area contributed by atoms with Crippen LogP contribution in [0.3, 0.4) is 0 Å². The van der Waals surface area contributed by atoms with Crippen molar-refractivity contribution in [3.05, 3.63) is 22.4 Å². The summed E-state index contributed by atoms with van der Waals surface area (Å²) in [7, 11) is 1.41. The highest BCUT2D eigenvalue weighted by molar-refractivity contribution is 7.08. The first kappa shape index (κ1) is 9.26. The van der Waals surface area contributed by atoms with E-state index in [0.29, 0.717) is 0 Å². The molecule has 0 aliphatic heterocycles. The number of ether oxygens (including phenoxy) is 1. The highest BCUT2D eigenvalue weighted by atomic mass is 32.1. The zero-order valence-corrected chi connectivity index (χ0v) is 8.27. The molecule has 1 aromatic heterocycles. The summed E-state index contributed by atoms with van der Waals surface area (Å²) in [6.07, 6.45) is 0. The van der Waals surface area contributed by atoms with Gasteiger partial charge in [-0.25, -0.2) is 0 Å². The van der Waals surface area contributed by atoms with Crippen LogP contribution in [-0.2, 0) is 14.9 Å². The van der Waals surface area contributed by atoms with Gasteiger partial charge < -0.3 is 4.74 Å². The van der Waals surface area contributed by atoms with Crippen LogP contribution in [0.4, 0.5) is 0 Å². The Morgan fingerprint density at radius 2 is 2.25 bits per heavy atom. The molecule has 0 saturated carbocycles. The lowest BCUT2D eigenvalue weighted by Gasteiger charge is -2.19. The van der Waals surface area contributed by atoms with Crippen LogP contribution in [0.5, 0.6) is 0 Å². The molecule has 1 heterocycles. The Labute approximate surface area is 76.2 Å². The lowest BCUT2D eigenvalue weighted by atomic mass is 9.87. The molecule has 0 radical (unpaired) electrons. The first-order chi connectivity index (χ1) is 5.59. The molecule has 3 heteroatoms. The van der Waals surface area contributed by atoms with Crippen molar-refractivity contribution in [1.82, 2.24) is 0 Å². The Bertz CT molecular complexity index is 262. The minimum atomic E-state index is -0.519. The quantitative estimate of drug-likeness (QED) is 0.659. The fourth-order valence-corrected chi connectivity index (χ4v) is 1.82. The molecule has 0 N–H and O–H groups in total. The molecule has 0 aliphatic rings. The van der Waals surface area contributed by atoms with Crippen LogP contribution < -0.4 is 0 Å². The maximum absolute atomic E-state index is 11.3. The number of hydrogen-bond acceptors (Lipinski definition) is 3. The van der Waals surface area contributed by atoms with E-state index in [9.17, 15) is 4.79 Å². The lowest BCUT2D eigenvalue weighted by molar-refractivity contribution is -0.146. The van der Waals surface area contributed by atoms with Crippen molar-refractivity contribution in [3.8, 4) is 0 Å². The number of hydrogen-bond donors (Lipinski definition) is 0. The van der Waals surface area contributed by atoms with E-state index in [1.807, 2.05) is 30.7 Å². The first-order valence-corrected chi connectivity index (χ1v) is 4.64. The van der Waals surface area contributed by atoms with E-state index in [1.54, 1.807) is 11.3 Å². The molecule has 0 bridgehead atoms. The molecule has 1 aromatic rings. The van der Waals surface area contributed by atoms with Gasteiger partial charge in [-0.15, -0.1) is 0 Å². The number of thiophene rings is 1. The molecule has 12 heavy (non-hydrogen) atoms. The van der Waals surface area contributed by atoms with E-state index in [2.05, 4.69) is 0 Å². The van der Waals surface area contributed by atoms with Crippen LogP contribution in [0, 0.1) is 0 Å². The maximum Gasteiger partial charge on any atom is 0.315 e. The van der Waals surface area contributed by atoms with Gasteiger partial charge in [0.1, 0.15) is 0 Å². The number of rotatable bonds is 2. The van der Waals surface area contributed by atoms with Crippen LogP contribution >= 0.6 is 11.3 Å². The van der Waals surface area contributed by atoms with Gasteiger partial charge in [-0.3, -0.25) is 4.79 Å². The molecule has 0 aliphatic carbocycles. The van der Waals surface area contributed by atoms with Crippen LogP contribution in [0.1, 0.15) is 19.4 Å². The van der Waals surface area contributed by atoms with Gasteiger partial charge in [-0.1, -0.05) is 0 Å². The minimum absolute atomic E-state index is 0.194. The predicted octanol–water partition coefficient (Wildman–Crippen LogP) is 2.20. The van der Waals surface area contributed by atoms with Crippen LogP contribution in [-0.4, -0.2) is 13.1 Å². The molecule has 0 unspecified atom stereocenters. The topological polar surface area (TPSA) is 26.3 Å². The largest absolute Gasteiger partial charge is 0.468 e. The Hall–Kier alpha value is -0.830. The van der Waals surface area contributed by atoms with E-state index < -0.39 is 5.41 Å². The molecule has 0 amide bonds. The van der Waals surface area contributed by atoms with Gasteiger partial charge in [0, 0.05) is 0 Å². The first-order valence-electron chi connectivity index (χ1n) is 3.70. The fraction of sp³-hybridized carbons (Fsp3) is 0.444. The number of carbonyl (C=O) groups is 1. The number of methoxy groups -OCH3 is 1. The van der Waals surface area contributed by atoms with Gasteiger partial charge in [0.25, 0.3) is 0 Å². The predicted molar refractivity (Wildman–Crippen MR) is 49.4 cm³/mol. The summed E-state index contributed by atoms with van der Waals surface area (Å²) < 4.78 is 4.70. The van der Waals surface area contributed by atoms with E-state index in [0.717, 1.165) is 5.56 Å². The monoisotopic (exact) mass is 184 g/mol. The van der Waals surface area contributed by atoms with Gasteiger partial charge in [-0.2, -0.15) is 11.3 Å². The highest BCUT2D eigenvalue weighted by Gasteiger charge is 2.30. The molecule has 0 fully saturated rings. The van der Waals surface area contributed by atoms with Crippen molar-refractivity contribution in [3.63, 3.8) is 0 Å². The third-order valence-corrected chi connectivity index (χ3v) is 2.62. The van der Waals surface area contributed by atoms with Crippen LogP contribution in [0.2, 0.25) is 0 Å². The average Bonchev–Trinajstić information content (AvgIpc) is 2.55. The van der Waals surface area contributed by atoms with E-state index in [-0.39, 0.29) is 5.97 Å². The Morgan fingerprint density at radius 1 is 1.58 bits per heavy atom. The summed E-state index contributed by atoms with van der Waals surface area (Å²) in [5.74, 6) is -0.194. The molecule has 66 valence electrons. The van der Waals surface area contributed by atoms with E-state index >= 15 is 0 Å². The maximum atomic E-state index is 11.3. The van der Waals surface area contributed by atoms with Crippen LogP contribution in [0.25, 0.3) is 0 Å². The summed E-state index contributed by atoms with van der Waals surface area (Å²) in [5.41, 5.74) is 0.494. The molecule has 2 nitrogen and oxygen atoms in total. The van der Waals surface area contributed by atoms with E-state index in [4.69, 9.17) is 4.74 Å². The van der Waals surface area contributed by atoms with Gasteiger partial charge in [-0.05, 0) is 36.2 Å². The Balaban J connectivity index is 2.93. The number of carbonyl (C=O) groups excluding carboxylic acids is 1. The minimum Gasteiger partial charge on any atom is -0.468 e. The normalized spacial score (nSPS) is 11.2. The van der Waals surface area contributed by atoms with Gasteiger partial charge in [0.05, 0.1) is 12.5 Å². The second kappa shape index (κ2) is 3.27. The standard InChI is InChI=1S/C9H12O2S/c1-9(2,8(10)11-3)7-4-5-12-6-7/h4-6H,1-3H3. The van der Waals surface area contributed by atoms with Crippen molar-refractivity contribution >= 4 is 17.3 Å². The van der Waals surface area contributed by atoms with Gasteiger partial charge in [0.15, 0.2) is 0 Å².